The number of sulfonamides is 1. The first-order valence-corrected chi connectivity index (χ1v) is 6.27. The van der Waals surface area contributed by atoms with E-state index in [9.17, 15) is 23.6 Å². The summed E-state index contributed by atoms with van der Waals surface area (Å²) in [6.07, 6.45) is 0. The molecule has 1 rings (SSSR count). The second-order valence-corrected chi connectivity index (χ2v) is 5.89. The smallest absolute Gasteiger partial charge is 0.271 e. The van der Waals surface area contributed by atoms with E-state index in [0.717, 1.165) is 18.2 Å². The van der Waals surface area contributed by atoms with Crippen LogP contribution in [0, 0.1) is 10.1 Å². The second kappa shape index (κ2) is 4.58. The van der Waals surface area contributed by atoms with E-state index in [1.54, 1.807) is 0 Å². The Kier molecular flexibility index (Phi) is 3.56. The van der Waals surface area contributed by atoms with Crippen molar-refractivity contribution in [1.29, 1.82) is 0 Å². The van der Waals surface area contributed by atoms with Gasteiger partial charge in [0.1, 0.15) is 5.75 Å². The number of nitro groups is 1. The molecular weight excluding hydrogens is 248 g/mol. The number of non-ortho nitro benzene ring substituents is 1. The lowest BCUT2D eigenvalue weighted by atomic mass is 10.2. The summed E-state index contributed by atoms with van der Waals surface area (Å²) in [5.41, 5.74) is -0.503. The third-order valence-electron chi connectivity index (χ3n) is 2.06. The summed E-state index contributed by atoms with van der Waals surface area (Å²) in [4.78, 5) is 9.84. The van der Waals surface area contributed by atoms with E-state index in [2.05, 4.69) is 4.72 Å². The fourth-order valence-corrected chi connectivity index (χ4v) is 1.70. The molecule has 0 heterocycles. The van der Waals surface area contributed by atoms with E-state index in [1.165, 1.54) is 13.8 Å². The average Bonchev–Trinajstić information content (AvgIpc) is 2.20. The molecule has 0 bridgehead atoms. The Hall–Kier alpha value is -1.83. The molecule has 1 aromatic rings. The molecular formula is C9H12N2O5S. The summed E-state index contributed by atoms with van der Waals surface area (Å²) in [6.45, 7) is 2.91. The van der Waals surface area contributed by atoms with Gasteiger partial charge in [-0.25, -0.2) is 8.42 Å². The van der Waals surface area contributed by atoms with Crippen LogP contribution in [0.15, 0.2) is 18.2 Å². The van der Waals surface area contributed by atoms with Crippen molar-refractivity contribution in [3.8, 4) is 5.75 Å². The van der Waals surface area contributed by atoms with Gasteiger partial charge in [-0.2, -0.15) is 0 Å². The van der Waals surface area contributed by atoms with Crippen LogP contribution in [-0.2, 0) is 10.0 Å². The van der Waals surface area contributed by atoms with Crippen LogP contribution in [0.3, 0.4) is 0 Å². The number of aromatic hydroxyl groups is 1. The minimum atomic E-state index is -3.65. The third-order valence-corrected chi connectivity index (χ3v) is 3.81. The van der Waals surface area contributed by atoms with Crippen LogP contribution in [0.4, 0.5) is 11.4 Å². The largest absolute Gasteiger partial charge is 0.506 e. The van der Waals surface area contributed by atoms with Crippen LogP contribution in [0.25, 0.3) is 0 Å². The molecule has 0 fully saturated rings. The Bertz CT molecular complexity index is 538. The zero-order chi connectivity index (χ0) is 13.2. The Morgan fingerprint density at radius 2 is 2.00 bits per heavy atom. The van der Waals surface area contributed by atoms with Gasteiger partial charge < -0.3 is 5.11 Å². The standard InChI is InChI=1S/C9H12N2O5S/c1-6(2)17(15,16)10-8-5-7(11(13)14)3-4-9(8)12/h3-6,10,12H,1-2H3. The number of anilines is 1. The number of hydrogen-bond acceptors (Lipinski definition) is 5. The predicted molar refractivity (Wildman–Crippen MR) is 62.4 cm³/mol. The highest BCUT2D eigenvalue weighted by molar-refractivity contribution is 7.93. The normalized spacial score (nSPS) is 11.5. The number of phenols is 1. The van der Waals surface area contributed by atoms with E-state index < -0.39 is 20.2 Å². The summed E-state index contributed by atoms with van der Waals surface area (Å²) >= 11 is 0. The molecule has 7 nitrogen and oxygen atoms in total. The van der Waals surface area contributed by atoms with Gasteiger partial charge in [0.15, 0.2) is 0 Å². The molecule has 8 heteroatoms. The number of nitrogens with zero attached hydrogens (tertiary/aromatic N) is 1. The van der Waals surface area contributed by atoms with Crippen molar-refractivity contribution >= 4 is 21.4 Å². The fourth-order valence-electron chi connectivity index (χ4n) is 0.990. The molecule has 94 valence electrons. The van der Waals surface area contributed by atoms with Crippen molar-refractivity contribution < 1.29 is 18.4 Å². The summed E-state index contributed by atoms with van der Waals surface area (Å²) < 4.78 is 25.2. The van der Waals surface area contributed by atoms with E-state index in [0.29, 0.717) is 0 Å². The highest BCUT2D eigenvalue weighted by atomic mass is 32.2. The van der Waals surface area contributed by atoms with Gasteiger partial charge in [-0.05, 0) is 19.9 Å². The number of hydrogen-bond donors (Lipinski definition) is 2. The number of nitrogens with one attached hydrogen (secondary N) is 1. The van der Waals surface area contributed by atoms with Crippen molar-refractivity contribution in [3.63, 3.8) is 0 Å². The number of nitro benzene ring substituents is 1. The van der Waals surface area contributed by atoms with Crippen LogP contribution in [0.5, 0.6) is 5.75 Å². The zero-order valence-corrected chi connectivity index (χ0v) is 10.1. The van der Waals surface area contributed by atoms with Crippen molar-refractivity contribution in [1.82, 2.24) is 0 Å². The molecule has 0 amide bonds. The van der Waals surface area contributed by atoms with Crippen molar-refractivity contribution in [3.05, 3.63) is 28.3 Å². The lowest BCUT2D eigenvalue weighted by molar-refractivity contribution is -0.384. The lowest BCUT2D eigenvalue weighted by Crippen LogP contribution is -2.22. The third kappa shape index (κ3) is 3.06. The van der Waals surface area contributed by atoms with Gasteiger partial charge in [-0.1, -0.05) is 0 Å². The predicted octanol–water partition coefficient (Wildman–Crippen LogP) is 1.45. The zero-order valence-electron chi connectivity index (χ0n) is 9.25. The van der Waals surface area contributed by atoms with Gasteiger partial charge >= 0.3 is 0 Å². The second-order valence-electron chi connectivity index (χ2n) is 3.65. The molecule has 0 atom stereocenters. The van der Waals surface area contributed by atoms with E-state index in [4.69, 9.17) is 0 Å². The molecule has 0 saturated heterocycles. The SMILES string of the molecule is CC(C)S(=O)(=O)Nc1cc([N+](=O)[O-])ccc1O. The van der Waals surface area contributed by atoms with Gasteiger partial charge in [0.05, 0.1) is 15.9 Å². The van der Waals surface area contributed by atoms with E-state index in [-0.39, 0.29) is 17.1 Å². The number of benzene rings is 1. The minimum Gasteiger partial charge on any atom is -0.506 e. The van der Waals surface area contributed by atoms with Crippen LogP contribution >= 0.6 is 0 Å². The van der Waals surface area contributed by atoms with E-state index in [1.807, 2.05) is 0 Å². The van der Waals surface area contributed by atoms with Gasteiger partial charge in [-0.3, -0.25) is 14.8 Å². The first-order chi connectivity index (χ1) is 7.74. The highest BCUT2D eigenvalue weighted by Crippen LogP contribution is 2.29. The van der Waals surface area contributed by atoms with Crippen LogP contribution < -0.4 is 4.72 Å². The fraction of sp³-hybridized carbons (Fsp3) is 0.333. The highest BCUT2D eigenvalue weighted by Gasteiger charge is 2.19. The molecule has 0 spiro atoms. The van der Waals surface area contributed by atoms with E-state index >= 15 is 0 Å². The minimum absolute atomic E-state index is 0.201. The molecule has 0 radical (unpaired) electrons. The number of phenolic OH excluding ortho intramolecular Hbond substituents is 1. The topological polar surface area (TPSA) is 110 Å². The molecule has 17 heavy (non-hydrogen) atoms. The number of rotatable bonds is 4. The molecule has 0 aliphatic heterocycles. The molecule has 2 N–H and O–H groups in total. The van der Waals surface area contributed by atoms with Gasteiger partial charge in [0.25, 0.3) is 5.69 Å². The summed E-state index contributed by atoms with van der Waals surface area (Å²) in [7, 11) is -3.65. The Morgan fingerprint density at radius 1 is 1.41 bits per heavy atom. The Balaban J connectivity index is 3.15. The van der Waals surface area contributed by atoms with Crippen LogP contribution in [-0.4, -0.2) is 23.7 Å². The quantitative estimate of drug-likeness (QED) is 0.483. The Labute approximate surface area is 98.3 Å². The van der Waals surface area contributed by atoms with Crippen molar-refractivity contribution in [2.45, 2.75) is 19.1 Å². The lowest BCUT2D eigenvalue weighted by Gasteiger charge is -2.11. The average molecular weight is 260 g/mol. The molecule has 0 unspecified atom stereocenters. The molecule has 1 aromatic carbocycles. The molecule has 0 aliphatic carbocycles. The van der Waals surface area contributed by atoms with Crippen LogP contribution in [0.2, 0.25) is 0 Å². The van der Waals surface area contributed by atoms with Crippen LogP contribution in [0.1, 0.15) is 13.8 Å². The van der Waals surface area contributed by atoms with Gasteiger partial charge in [0.2, 0.25) is 10.0 Å². The van der Waals surface area contributed by atoms with Crippen molar-refractivity contribution in [2.24, 2.45) is 0 Å². The summed E-state index contributed by atoms with van der Waals surface area (Å²) in [6, 6.07) is 3.12. The monoisotopic (exact) mass is 260 g/mol. The van der Waals surface area contributed by atoms with Gasteiger partial charge in [0, 0.05) is 12.1 Å². The maximum Gasteiger partial charge on any atom is 0.271 e. The van der Waals surface area contributed by atoms with Gasteiger partial charge in [-0.15, -0.1) is 0 Å². The summed E-state index contributed by atoms with van der Waals surface area (Å²) in [5.74, 6) is -0.361. The first kappa shape index (κ1) is 13.2. The molecule has 0 saturated carbocycles. The van der Waals surface area contributed by atoms with Crippen molar-refractivity contribution in [2.75, 3.05) is 4.72 Å². The molecule has 0 aromatic heterocycles. The Morgan fingerprint density at radius 3 is 2.47 bits per heavy atom. The first-order valence-electron chi connectivity index (χ1n) is 4.73. The maximum atomic E-state index is 11.5. The maximum absolute atomic E-state index is 11.5. The summed E-state index contributed by atoms with van der Waals surface area (Å²) in [5, 5.41) is 19.2. The molecule has 0 aliphatic rings.